The predicted octanol–water partition coefficient (Wildman–Crippen LogP) is 3.07. The molecule has 0 saturated heterocycles. The van der Waals surface area contributed by atoms with Crippen molar-refractivity contribution in [2.75, 3.05) is 11.9 Å². The SMILES string of the molecule is O=C(CNc1ccccc1)N/N=C\c1ccc(Br)s1. The number of thiophene rings is 1. The number of anilines is 1. The number of hydrogen-bond acceptors (Lipinski definition) is 4. The largest absolute Gasteiger partial charge is 0.376 e. The molecule has 2 N–H and O–H groups in total. The normalized spacial score (nSPS) is 10.6. The lowest BCUT2D eigenvalue weighted by Gasteiger charge is -2.04. The summed E-state index contributed by atoms with van der Waals surface area (Å²) in [5, 5.41) is 6.90. The van der Waals surface area contributed by atoms with Crippen LogP contribution in [0.25, 0.3) is 0 Å². The summed E-state index contributed by atoms with van der Waals surface area (Å²) in [6.07, 6.45) is 1.62. The van der Waals surface area contributed by atoms with Gasteiger partial charge in [-0.05, 0) is 40.2 Å². The van der Waals surface area contributed by atoms with E-state index >= 15 is 0 Å². The van der Waals surface area contributed by atoms with Gasteiger partial charge in [0.2, 0.25) is 0 Å². The highest BCUT2D eigenvalue weighted by Crippen LogP contribution is 2.20. The molecule has 0 unspecified atom stereocenters. The predicted molar refractivity (Wildman–Crippen MR) is 82.7 cm³/mol. The molecule has 0 aliphatic heterocycles. The summed E-state index contributed by atoms with van der Waals surface area (Å²) in [7, 11) is 0. The molecule has 6 heteroatoms. The Kier molecular flexibility index (Phi) is 5.11. The molecule has 19 heavy (non-hydrogen) atoms. The van der Waals surface area contributed by atoms with Crippen LogP contribution in [0.2, 0.25) is 0 Å². The van der Waals surface area contributed by atoms with Crippen LogP contribution in [-0.4, -0.2) is 18.7 Å². The number of hydrogen-bond donors (Lipinski definition) is 2. The van der Waals surface area contributed by atoms with E-state index in [0.717, 1.165) is 14.4 Å². The fraction of sp³-hybridized carbons (Fsp3) is 0.0769. The molecule has 0 radical (unpaired) electrons. The molecule has 1 aromatic heterocycles. The zero-order chi connectivity index (χ0) is 13.5. The van der Waals surface area contributed by atoms with Crippen LogP contribution in [-0.2, 0) is 4.79 Å². The van der Waals surface area contributed by atoms with Crippen molar-refractivity contribution in [1.29, 1.82) is 0 Å². The van der Waals surface area contributed by atoms with Gasteiger partial charge >= 0.3 is 0 Å². The molecule has 0 bridgehead atoms. The van der Waals surface area contributed by atoms with Gasteiger partial charge in [0.1, 0.15) is 0 Å². The van der Waals surface area contributed by atoms with Crippen molar-refractivity contribution in [1.82, 2.24) is 5.43 Å². The minimum absolute atomic E-state index is 0.185. The number of benzene rings is 1. The van der Waals surface area contributed by atoms with Gasteiger partial charge in [-0.15, -0.1) is 11.3 Å². The summed E-state index contributed by atoms with van der Waals surface area (Å²) < 4.78 is 1.03. The van der Waals surface area contributed by atoms with Crippen molar-refractivity contribution in [3.05, 3.63) is 51.1 Å². The third kappa shape index (κ3) is 4.84. The summed E-state index contributed by atoms with van der Waals surface area (Å²) in [6.45, 7) is 0.190. The van der Waals surface area contributed by atoms with Crippen molar-refractivity contribution in [2.45, 2.75) is 0 Å². The van der Waals surface area contributed by atoms with Crippen LogP contribution in [0.4, 0.5) is 5.69 Å². The average Bonchev–Trinajstić information content (AvgIpc) is 2.83. The molecule has 0 atom stereocenters. The standard InChI is InChI=1S/C13H12BrN3OS/c14-12-7-6-11(19-12)8-16-17-13(18)9-15-10-4-2-1-3-5-10/h1-8,15H,9H2,(H,17,18)/b16-8-. The van der Waals surface area contributed by atoms with Crippen LogP contribution in [0.5, 0.6) is 0 Å². The third-order valence-electron chi connectivity index (χ3n) is 2.20. The van der Waals surface area contributed by atoms with E-state index < -0.39 is 0 Å². The number of carbonyl (C=O) groups is 1. The van der Waals surface area contributed by atoms with Crippen molar-refractivity contribution < 1.29 is 4.79 Å². The summed E-state index contributed by atoms with van der Waals surface area (Å²) in [5.74, 6) is -0.185. The molecule has 0 saturated carbocycles. The second kappa shape index (κ2) is 7.06. The molecule has 2 rings (SSSR count). The Labute approximate surface area is 123 Å². The number of halogens is 1. The van der Waals surface area contributed by atoms with E-state index in [1.807, 2.05) is 42.5 Å². The minimum atomic E-state index is -0.185. The molecule has 4 nitrogen and oxygen atoms in total. The van der Waals surface area contributed by atoms with Crippen molar-refractivity contribution in [3.8, 4) is 0 Å². The van der Waals surface area contributed by atoms with Crippen LogP contribution in [0.1, 0.15) is 4.88 Å². The summed E-state index contributed by atoms with van der Waals surface area (Å²) in [6, 6.07) is 13.4. The lowest BCUT2D eigenvalue weighted by molar-refractivity contribution is -0.119. The highest BCUT2D eigenvalue weighted by molar-refractivity contribution is 9.11. The lowest BCUT2D eigenvalue weighted by Crippen LogP contribution is -2.25. The van der Waals surface area contributed by atoms with E-state index in [0.29, 0.717) is 0 Å². The van der Waals surface area contributed by atoms with E-state index in [1.165, 1.54) is 0 Å². The molecular formula is C13H12BrN3OS. The number of amides is 1. The Morgan fingerprint density at radius 2 is 2.05 bits per heavy atom. The second-order valence-electron chi connectivity index (χ2n) is 3.65. The average molecular weight is 338 g/mol. The first-order valence-corrected chi connectivity index (χ1v) is 7.21. The highest BCUT2D eigenvalue weighted by atomic mass is 79.9. The maximum atomic E-state index is 11.5. The number of rotatable bonds is 5. The van der Waals surface area contributed by atoms with Crippen molar-refractivity contribution in [3.63, 3.8) is 0 Å². The van der Waals surface area contributed by atoms with Gasteiger partial charge in [0.25, 0.3) is 5.91 Å². The van der Waals surface area contributed by atoms with Crippen molar-refractivity contribution >= 4 is 45.1 Å². The minimum Gasteiger partial charge on any atom is -0.376 e. The first-order chi connectivity index (χ1) is 9.24. The maximum absolute atomic E-state index is 11.5. The number of nitrogens with one attached hydrogen (secondary N) is 2. The van der Waals surface area contributed by atoms with E-state index in [4.69, 9.17) is 0 Å². The Balaban J connectivity index is 1.74. The number of carbonyl (C=O) groups excluding carboxylic acids is 1. The fourth-order valence-electron chi connectivity index (χ4n) is 1.34. The van der Waals surface area contributed by atoms with Gasteiger partial charge in [-0.25, -0.2) is 5.43 Å². The quantitative estimate of drug-likeness (QED) is 0.650. The molecule has 2 aromatic rings. The highest BCUT2D eigenvalue weighted by Gasteiger charge is 1.99. The Morgan fingerprint density at radius 3 is 2.74 bits per heavy atom. The van der Waals surface area contributed by atoms with Crippen LogP contribution in [0, 0.1) is 0 Å². The molecule has 0 fully saturated rings. The van der Waals surface area contributed by atoms with Gasteiger partial charge in [-0.1, -0.05) is 18.2 Å². The monoisotopic (exact) mass is 337 g/mol. The van der Waals surface area contributed by atoms with Crippen LogP contribution in [0.3, 0.4) is 0 Å². The lowest BCUT2D eigenvalue weighted by atomic mass is 10.3. The van der Waals surface area contributed by atoms with Gasteiger partial charge in [0, 0.05) is 10.6 Å². The first kappa shape index (κ1) is 13.8. The Hall–Kier alpha value is -1.66. The van der Waals surface area contributed by atoms with Gasteiger partial charge in [0.05, 0.1) is 16.5 Å². The smallest absolute Gasteiger partial charge is 0.259 e. The molecule has 0 aliphatic rings. The second-order valence-corrected chi connectivity index (χ2v) is 6.15. The van der Waals surface area contributed by atoms with Gasteiger partial charge in [-0.2, -0.15) is 5.10 Å². The Bertz CT molecular complexity index is 568. The zero-order valence-electron chi connectivity index (χ0n) is 9.97. The van der Waals surface area contributed by atoms with E-state index in [1.54, 1.807) is 17.6 Å². The molecule has 98 valence electrons. The van der Waals surface area contributed by atoms with E-state index in [-0.39, 0.29) is 12.5 Å². The summed E-state index contributed by atoms with van der Waals surface area (Å²) in [4.78, 5) is 12.5. The number of nitrogens with zero attached hydrogens (tertiary/aromatic N) is 1. The number of para-hydroxylation sites is 1. The summed E-state index contributed by atoms with van der Waals surface area (Å²) in [5.41, 5.74) is 3.38. The van der Waals surface area contributed by atoms with Crippen LogP contribution >= 0.6 is 27.3 Å². The van der Waals surface area contributed by atoms with Crippen LogP contribution in [0.15, 0.2) is 51.4 Å². The van der Waals surface area contributed by atoms with Gasteiger partial charge in [-0.3, -0.25) is 4.79 Å². The molecule has 1 heterocycles. The van der Waals surface area contributed by atoms with E-state index in [9.17, 15) is 4.79 Å². The zero-order valence-corrected chi connectivity index (χ0v) is 12.4. The molecular weight excluding hydrogens is 326 g/mol. The Morgan fingerprint density at radius 1 is 1.26 bits per heavy atom. The van der Waals surface area contributed by atoms with Crippen molar-refractivity contribution in [2.24, 2.45) is 5.10 Å². The van der Waals surface area contributed by atoms with E-state index in [2.05, 4.69) is 31.8 Å². The third-order valence-corrected chi connectivity index (χ3v) is 3.76. The molecule has 0 aliphatic carbocycles. The van der Waals surface area contributed by atoms with Gasteiger partial charge < -0.3 is 5.32 Å². The maximum Gasteiger partial charge on any atom is 0.259 e. The number of hydrazone groups is 1. The van der Waals surface area contributed by atoms with Crippen LogP contribution < -0.4 is 10.7 Å². The molecule has 1 aromatic carbocycles. The molecule has 1 amide bonds. The fourth-order valence-corrected chi connectivity index (χ4v) is 2.64. The summed E-state index contributed by atoms with van der Waals surface area (Å²) >= 11 is 4.91. The topological polar surface area (TPSA) is 53.5 Å². The molecule has 0 spiro atoms. The van der Waals surface area contributed by atoms with Gasteiger partial charge in [0.15, 0.2) is 0 Å². The first-order valence-electron chi connectivity index (χ1n) is 5.60.